The molecule has 0 amide bonds. The Hall–Kier alpha value is -3.09. The second kappa shape index (κ2) is 9.18. The summed E-state index contributed by atoms with van der Waals surface area (Å²) >= 11 is 0. The average Bonchev–Trinajstić information content (AvgIpc) is 2.82. The number of pyridine rings is 1. The van der Waals surface area contributed by atoms with Gasteiger partial charge >= 0.3 is 5.97 Å². The maximum absolute atomic E-state index is 12.7. The molecule has 0 aliphatic carbocycles. The van der Waals surface area contributed by atoms with Crippen LogP contribution in [0.3, 0.4) is 0 Å². The molecule has 1 fully saturated rings. The highest BCUT2D eigenvalue weighted by atomic mass is 32.2. The van der Waals surface area contributed by atoms with Gasteiger partial charge in [-0.3, -0.25) is 19.9 Å². The van der Waals surface area contributed by atoms with Crippen molar-refractivity contribution in [1.29, 1.82) is 0 Å². The van der Waals surface area contributed by atoms with Crippen molar-refractivity contribution in [2.24, 2.45) is 5.92 Å². The van der Waals surface area contributed by atoms with Gasteiger partial charge in [0.1, 0.15) is 17.3 Å². The number of carbonyl (C=O) groups is 1. The first-order valence-corrected chi connectivity index (χ1v) is 11.4. The van der Waals surface area contributed by atoms with Crippen molar-refractivity contribution in [1.82, 2.24) is 9.29 Å². The predicted molar refractivity (Wildman–Crippen MR) is 109 cm³/mol. The third-order valence-electron chi connectivity index (χ3n) is 5.41. The van der Waals surface area contributed by atoms with Gasteiger partial charge in [-0.2, -0.15) is 4.31 Å². The number of nitro groups is 1. The predicted octanol–water partition coefficient (Wildman–Crippen LogP) is 2.00. The summed E-state index contributed by atoms with van der Waals surface area (Å²) in [6, 6.07) is 5.73. The maximum atomic E-state index is 12.7. The molecule has 1 aromatic heterocycles. The fourth-order valence-corrected chi connectivity index (χ4v) is 5.18. The number of fused-ring (bicyclic) bond motifs is 1. The molecule has 0 bridgehead atoms. The average molecular weight is 463 g/mol. The molecule has 0 atom stereocenters. The summed E-state index contributed by atoms with van der Waals surface area (Å²) in [5.74, 6) is -0.517. The van der Waals surface area contributed by atoms with Crippen LogP contribution in [0.15, 0.2) is 41.6 Å². The van der Waals surface area contributed by atoms with Crippen molar-refractivity contribution < 1.29 is 32.3 Å². The second-order valence-electron chi connectivity index (χ2n) is 7.44. The van der Waals surface area contributed by atoms with Crippen LogP contribution in [0.25, 0.3) is 0 Å². The third-order valence-corrected chi connectivity index (χ3v) is 7.29. The van der Waals surface area contributed by atoms with Gasteiger partial charge < -0.3 is 14.2 Å². The summed E-state index contributed by atoms with van der Waals surface area (Å²) in [4.78, 5) is 27.2. The lowest BCUT2D eigenvalue weighted by Crippen LogP contribution is -2.40. The molecule has 12 heteroatoms. The van der Waals surface area contributed by atoms with Crippen LogP contribution in [0.5, 0.6) is 5.75 Å². The molecule has 1 aromatic carbocycles. The number of esters is 1. The van der Waals surface area contributed by atoms with Gasteiger partial charge in [0.15, 0.2) is 6.79 Å². The molecule has 170 valence electrons. The Bertz CT molecular complexity index is 1120. The van der Waals surface area contributed by atoms with Crippen LogP contribution in [0.1, 0.15) is 24.0 Å². The normalized spacial score (nSPS) is 17.2. The summed E-state index contributed by atoms with van der Waals surface area (Å²) in [6.45, 7) is 0.363. The molecule has 0 saturated carbocycles. The summed E-state index contributed by atoms with van der Waals surface area (Å²) in [5.41, 5.74) is 0.769. The number of carbonyl (C=O) groups excluding carboxylic acids is 1. The number of nitro benzene ring substituents is 1. The first kappa shape index (κ1) is 22.1. The van der Waals surface area contributed by atoms with Crippen LogP contribution in [-0.2, 0) is 37.5 Å². The van der Waals surface area contributed by atoms with Gasteiger partial charge in [-0.1, -0.05) is 0 Å². The first-order chi connectivity index (χ1) is 15.4. The zero-order chi connectivity index (χ0) is 22.7. The number of piperidine rings is 1. The van der Waals surface area contributed by atoms with Crippen LogP contribution in [0.2, 0.25) is 0 Å². The van der Waals surface area contributed by atoms with E-state index in [0.29, 0.717) is 29.7 Å². The molecule has 3 heterocycles. The number of benzene rings is 1. The minimum Gasteiger partial charge on any atom is -0.467 e. The topological polar surface area (TPSA) is 138 Å². The number of aromatic nitrogens is 1. The number of nitrogens with zero attached hydrogens (tertiary/aromatic N) is 3. The van der Waals surface area contributed by atoms with Crippen molar-refractivity contribution in [3.63, 3.8) is 0 Å². The Labute approximate surface area is 184 Å². The third kappa shape index (κ3) is 4.56. The summed E-state index contributed by atoms with van der Waals surface area (Å²) in [6.07, 6.45) is 3.42. The monoisotopic (exact) mass is 463 g/mol. The largest absolute Gasteiger partial charge is 0.467 e. The molecular weight excluding hydrogens is 442 g/mol. The van der Waals surface area contributed by atoms with E-state index in [-0.39, 0.29) is 43.7 Å². The molecule has 4 rings (SSSR count). The SMILES string of the molecule is O=C(OCc1cc([N+](=O)[O-])cc2c1OCOC2)C1CCN(S(=O)(=O)c2cccnc2)CC1. The molecule has 32 heavy (non-hydrogen) atoms. The van der Waals surface area contributed by atoms with E-state index in [4.69, 9.17) is 14.2 Å². The highest BCUT2D eigenvalue weighted by Crippen LogP contribution is 2.33. The minimum atomic E-state index is -3.66. The number of ether oxygens (including phenoxy) is 3. The maximum Gasteiger partial charge on any atom is 0.309 e. The van der Waals surface area contributed by atoms with Crippen LogP contribution in [0, 0.1) is 16.0 Å². The zero-order valence-corrected chi connectivity index (χ0v) is 17.8. The molecule has 0 spiro atoms. The van der Waals surface area contributed by atoms with E-state index < -0.39 is 26.8 Å². The van der Waals surface area contributed by atoms with Crippen molar-refractivity contribution in [3.05, 3.63) is 57.9 Å². The van der Waals surface area contributed by atoms with E-state index >= 15 is 0 Å². The number of rotatable bonds is 6. The van der Waals surface area contributed by atoms with E-state index in [9.17, 15) is 23.3 Å². The Morgan fingerprint density at radius 2 is 2.09 bits per heavy atom. The molecule has 2 aliphatic heterocycles. The lowest BCUT2D eigenvalue weighted by molar-refractivity contribution is -0.385. The van der Waals surface area contributed by atoms with E-state index in [1.54, 1.807) is 6.07 Å². The number of sulfonamides is 1. The highest BCUT2D eigenvalue weighted by Gasteiger charge is 2.33. The van der Waals surface area contributed by atoms with Crippen LogP contribution >= 0.6 is 0 Å². The Morgan fingerprint density at radius 1 is 1.31 bits per heavy atom. The number of non-ortho nitro benzene ring substituents is 1. The molecule has 1 saturated heterocycles. The molecule has 2 aliphatic rings. The van der Waals surface area contributed by atoms with Crippen molar-refractivity contribution >= 4 is 21.7 Å². The summed E-state index contributed by atoms with van der Waals surface area (Å²) in [7, 11) is -3.66. The summed E-state index contributed by atoms with van der Waals surface area (Å²) < 4.78 is 42.7. The van der Waals surface area contributed by atoms with E-state index in [1.807, 2.05) is 0 Å². The van der Waals surface area contributed by atoms with Crippen LogP contribution < -0.4 is 4.74 Å². The van der Waals surface area contributed by atoms with Gasteiger partial charge in [0.05, 0.1) is 17.4 Å². The standard InChI is InChI=1S/C20H21N3O8S/c24-20(14-3-6-22(7-4-14)32(27,28)18-2-1-5-21-10-18)30-12-16-9-17(23(25)26)8-15-11-29-13-31-19(15)16/h1-2,5,8-10,14H,3-4,6-7,11-13H2. The van der Waals surface area contributed by atoms with Gasteiger partial charge in [0.2, 0.25) is 10.0 Å². The van der Waals surface area contributed by atoms with Gasteiger partial charge in [0.25, 0.3) is 5.69 Å². The smallest absolute Gasteiger partial charge is 0.309 e. The lowest BCUT2D eigenvalue weighted by Gasteiger charge is -2.30. The van der Waals surface area contributed by atoms with E-state index in [0.717, 1.165) is 0 Å². The molecule has 0 N–H and O–H groups in total. The quantitative estimate of drug-likeness (QED) is 0.357. The van der Waals surface area contributed by atoms with E-state index in [1.165, 1.54) is 34.9 Å². The van der Waals surface area contributed by atoms with Gasteiger partial charge in [-0.05, 0) is 25.0 Å². The molecule has 0 unspecified atom stereocenters. The van der Waals surface area contributed by atoms with Crippen molar-refractivity contribution in [3.8, 4) is 5.75 Å². The van der Waals surface area contributed by atoms with Crippen molar-refractivity contribution in [2.75, 3.05) is 19.9 Å². The van der Waals surface area contributed by atoms with Crippen LogP contribution in [-0.4, -0.2) is 48.5 Å². The lowest BCUT2D eigenvalue weighted by atomic mass is 9.98. The van der Waals surface area contributed by atoms with Gasteiger partial charge in [-0.15, -0.1) is 0 Å². The fourth-order valence-electron chi connectivity index (χ4n) is 3.74. The number of hydrogen-bond donors (Lipinski definition) is 0. The molecule has 11 nitrogen and oxygen atoms in total. The summed E-state index contributed by atoms with van der Waals surface area (Å²) in [5, 5.41) is 11.2. The molecule has 2 aromatic rings. The Balaban J connectivity index is 1.38. The van der Waals surface area contributed by atoms with Crippen LogP contribution in [0.4, 0.5) is 5.69 Å². The fraction of sp³-hybridized carbons (Fsp3) is 0.400. The van der Waals surface area contributed by atoms with Gasteiger partial charge in [0, 0.05) is 48.7 Å². The minimum absolute atomic E-state index is 0.00955. The Kier molecular flexibility index (Phi) is 6.35. The molecular formula is C20H21N3O8S. The molecule has 0 radical (unpaired) electrons. The first-order valence-electron chi connectivity index (χ1n) is 9.94. The van der Waals surface area contributed by atoms with Gasteiger partial charge in [-0.25, -0.2) is 8.42 Å². The van der Waals surface area contributed by atoms with Crippen molar-refractivity contribution in [2.45, 2.75) is 31.0 Å². The van der Waals surface area contributed by atoms with E-state index in [2.05, 4.69) is 4.98 Å². The second-order valence-corrected chi connectivity index (χ2v) is 9.37. The zero-order valence-electron chi connectivity index (χ0n) is 17.0. The number of hydrogen-bond acceptors (Lipinski definition) is 9. The Morgan fingerprint density at radius 3 is 2.78 bits per heavy atom. The highest BCUT2D eigenvalue weighted by molar-refractivity contribution is 7.89.